The average Bonchev–Trinajstić information content (AvgIpc) is 3.22. The first-order chi connectivity index (χ1) is 16.9. The summed E-state index contributed by atoms with van der Waals surface area (Å²) in [6.45, 7) is 2.05. The van der Waals surface area contributed by atoms with Crippen molar-refractivity contribution in [3.8, 4) is 5.75 Å². The molecule has 3 aromatic carbocycles. The smallest absolute Gasteiger partial charge is 0.328 e. The Labute approximate surface area is 206 Å². The molecule has 4 aromatic rings. The second-order valence-corrected chi connectivity index (χ2v) is 8.13. The number of hydrogen-bond donors (Lipinski definition) is 3. The van der Waals surface area contributed by atoms with Gasteiger partial charge in [0, 0.05) is 21.8 Å². The quantitative estimate of drug-likeness (QED) is 0.337. The average molecular weight is 491 g/mol. The van der Waals surface area contributed by atoms with Gasteiger partial charge < -0.3 is 15.4 Å². The number of aryl methyl sites for hydroxylation is 1. The maximum atomic E-state index is 13.1. The summed E-state index contributed by atoms with van der Waals surface area (Å²) in [6, 6.07) is 20.6. The van der Waals surface area contributed by atoms with Crippen molar-refractivity contribution in [2.75, 3.05) is 23.2 Å². The van der Waals surface area contributed by atoms with E-state index in [1.165, 1.54) is 11.8 Å². The number of ether oxygens (including phenoxy) is 1. The number of fused-ring (bicyclic) bond motifs is 1. The minimum absolute atomic E-state index is 0.132. The number of aromatic nitrogens is 1. The van der Waals surface area contributed by atoms with E-state index in [2.05, 4.69) is 16.1 Å². The predicted octanol–water partition coefficient (Wildman–Crippen LogP) is 4.83. The van der Waals surface area contributed by atoms with Gasteiger partial charge in [-0.25, -0.2) is 4.68 Å². The van der Waals surface area contributed by atoms with Crippen LogP contribution in [-0.4, -0.2) is 29.5 Å². The van der Waals surface area contributed by atoms with E-state index in [1.54, 1.807) is 48.5 Å². The van der Waals surface area contributed by atoms with Gasteiger partial charge in [0.1, 0.15) is 11.4 Å². The summed E-state index contributed by atoms with van der Waals surface area (Å²) in [5, 5.41) is 6.44. The molecule has 0 saturated heterocycles. The van der Waals surface area contributed by atoms with Gasteiger partial charge in [-0.1, -0.05) is 30.7 Å². The first-order valence-electron chi connectivity index (χ1n) is 10.9. The van der Waals surface area contributed by atoms with Gasteiger partial charge in [-0.05, 0) is 72.6 Å². The number of nitrogens with one attached hydrogen (secondary N) is 3. The van der Waals surface area contributed by atoms with Crippen molar-refractivity contribution in [2.24, 2.45) is 0 Å². The number of halogens is 1. The Morgan fingerprint density at radius 1 is 0.857 bits per heavy atom. The van der Waals surface area contributed by atoms with Gasteiger partial charge in [0.2, 0.25) is 0 Å². The number of carbonyl (C=O) groups excluding carboxylic acids is 3. The third-order valence-electron chi connectivity index (χ3n) is 5.38. The minimum Gasteiger partial charge on any atom is -0.497 e. The summed E-state index contributed by atoms with van der Waals surface area (Å²) in [5.41, 5.74) is 5.32. The van der Waals surface area contributed by atoms with E-state index in [0.29, 0.717) is 33.0 Å². The van der Waals surface area contributed by atoms with E-state index in [-0.39, 0.29) is 5.69 Å². The van der Waals surface area contributed by atoms with Crippen LogP contribution in [0.25, 0.3) is 10.9 Å². The van der Waals surface area contributed by atoms with Crippen LogP contribution in [-0.2, 0) is 16.0 Å². The van der Waals surface area contributed by atoms with Crippen LogP contribution in [0.1, 0.15) is 23.0 Å². The molecule has 0 spiro atoms. The molecule has 0 aliphatic carbocycles. The summed E-state index contributed by atoms with van der Waals surface area (Å²) >= 11 is 6.12. The highest BCUT2D eigenvalue weighted by atomic mass is 35.5. The normalized spacial score (nSPS) is 10.6. The first kappa shape index (κ1) is 23.8. The zero-order valence-corrected chi connectivity index (χ0v) is 19.8. The van der Waals surface area contributed by atoms with Gasteiger partial charge in [-0.2, -0.15) is 0 Å². The molecule has 8 nitrogen and oxygen atoms in total. The zero-order valence-electron chi connectivity index (χ0n) is 19.1. The number of amides is 3. The highest BCUT2D eigenvalue weighted by molar-refractivity contribution is 6.42. The molecule has 4 rings (SSSR count). The lowest BCUT2D eigenvalue weighted by atomic mass is 10.1. The monoisotopic (exact) mass is 490 g/mol. The molecule has 9 heteroatoms. The van der Waals surface area contributed by atoms with Crippen LogP contribution in [0.2, 0.25) is 5.02 Å². The van der Waals surface area contributed by atoms with Crippen LogP contribution in [0.4, 0.5) is 11.4 Å². The molecule has 0 aliphatic heterocycles. The Hall–Kier alpha value is -4.30. The van der Waals surface area contributed by atoms with Crippen molar-refractivity contribution in [1.82, 2.24) is 4.68 Å². The molecule has 0 fully saturated rings. The van der Waals surface area contributed by atoms with Gasteiger partial charge in [0.15, 0.2) is 0 Å². The molecule has 0 unspecified atom stereocenters. The SMILES string of the molecule is CCc1ccc(NC(=O)c2cc3cc(Cl)ccc3n2NC(=O)C(=O)Nc2ccc(OC)cc2)cc1. The van der Waals surface area contributed by atoms with Crippen molar-refractivity contribution >= 4 is 51.6 Å². The fourth-order valence-corrected chi connectivity index (χ4v) is 3.69. The molecular formula is C26H23ClN4O4. The van der Waals surface area contributed by atoms with Crippen LogP contribution >= 0.6 is 11.6 Å². The van der Waals surface area contributed by atoms with Crippen LogP contribution in [0, 0.1) is 0 Å². The van der Waals surface area contributed by atoms with E-state index in [9.17, 15) is 14.4 Å². The van der Waals surface area contributed by atoms with Crippen molar-refractivity contribution in [2.45, 2.75) is 13.3 Å². The van der Waals surface area contributed by atoms with Crippen molar-refractivity contribution in [3.05, 3.63) is 89.1 Å². The second-order valence-electron chi connectivity index (χ2n) is 7.70. The topological polar surface area (TPSA) is 101 Å². The Morgan fingerprint density at radius 2 is 1.51 bits per heavy atom. The maximum Gasteiger partial charge on any atom is 0.328 e. The summed E-state index contributed by atoms with van der Waals surface area (Å²) in [7, 11) is 1.53. The summed E-state index contributed by atoms with van der Waals surface area (Å²) in [6.07, 6.45) is 0.883. The van der Waals surface area contributed by atoms with E-state index in [1.807, 2.05) is 31.2 Å². The van der Waals surface area contributed by atoms with Gasteiger partial charge >= 0.3 is 11.8 Å². The van der Waals surface area contributed by atoms with E-state index in [0.717, 1.165) is 12.0 Å². The molecule has 1 aromatic heterocycles. The van der Waals surface area contributed by atoms with Gasteiger partial charge in [0.05, 0.1) is 12.6 Å². The molecule has 0 radical (unpaired) electrons. The molecule has 35 heavy (non-hydrogen) atoms. The van der Waals surface area contributed by atoms with E-state index >= 15 is 0 Å². The van der Waals surface area contributed by atoms with Gasteiger partial charge in [0.25, 0.3) is 5.91 Å². The molecule has 0 aliphatic rings. The Kier molecular flexibility index (Phi) is 7.03. The van der Waals surface area contributed by atoms with Crippen molar-refractivity contribution in [1.29, 1.82) is 0 Å². The van der Waals surface area contributed by atoms with Crippen molar-refractivity contribution < 1.29 is 19.1 Å². The fraction of sp³-hybridized carbons (Fsp3) is 0.115. The predicted molar refractivity (Wildman–Crippen MR) is 137 cm³/mol. The lowest BCUT2D eigenvalue weighted by Crippen LogP contribution is -2.36. The molecule has 0 atom stereocenters. The molecule has 178 valence electrons. The van der Waals surface area contributed by atoms with Gasteiger partial charge in [-0.3, -0.25) is 19.8 Å². The maximum absolute atomic E-state index is 13.1. The highest BCUT2D eigenvalue weighted by Gasteiger charge is 2.21. The standard InChI is InChI=1S/C26H23ClN4O4/c1-3-16-4-7-19(8-5-16)28-24(32)23-15-17-14-18(27)6-13-22(17)31(23)30-26(34)25(33)29-20-9-11-21(35-2)12-10-20/h4-15H,3H2,1-2H3,(H,28,32)(H,29,33)(H,30,34). The Bertz CT molecular complexity index is 1400. The number of rotatable bonds is 6. The minimum atomic E-state index is -0.949. The molecule has 0 saturated carbocycles. The summed E-state index contributed by atoms with van der Waals surface area (Å²) in [4.78, 5) is 38.4. The van der Waals surface area contributed by atoms with E-state index < -0.39 is 17.7 Å². The van der Waals surface area contributed by atoms with Crippen molar-refractivity contribution in [3.63, 3.8) is 0 Å². The number of benzene rings is 3. The zero-order chi connectivity index (χ0) is 24.9. The molecule has 1 heterocycles. The van der Waals surface area contributed by atoms with Crippen LogP contribution in [0.15, 0.2) is 72.8 Å². The highest BCUT2D eigenvalue weighted by Crippen LogP contribution is 2.24. The number of nitrogens with zero attached hydrogens (tertiary/aromatic N) is 1. The van der Waals surface area contributed by atoms with Crippen LogP contribution in [0.3, 0.4) is 0 Å². The fourth-order valence-electron chi connectivity index (χ4n) is 3.51. The lowest BCUT2D eigenvalue weighted by Gasteiger charge is -2.13. The molecular weight excluding hydrogens is 468 g/mol. The summed E-state index contributed by atoms with van der Waals surface area (Å²) in [5.74, 6) is -1.69. The number of hydrogen-bond acceptors (Lipinski definition) is 4. The Balaban J connectivity index is 1.58. The molecule has 3 N–H and O–H groups in total. The number of methoxy groups -OCH3 is 1. The molecule has 0 bridgehead atoms. The van der Waals surface area contributed by atoms with E-state index in [4.69, 9.17) is 16.3 Å². The number of carbonyl (C=O) groups is 3. The first-order valence-corrected chi connectivity index (χ1v) is 11.2. The van der Waals surface area contributed by atoms with Gasteiger partial charge in [-0.15, -0.1) is 0 Å². The number of anilines is 2. The third-order valence-corrected chi connectivity index (χ3v) is 5.62. The summed E-state index contributed by atoms with van der Waals surface area (Å²) < 4.78 is 6.36. The van der Waals surface area contributed by atoms with Crippen LogP contribution in [0.5, 0.6) is 5.75 Å². The van der Waals surface area contributed by atoms with Crippen LogP contribution < -0.4 is 20.8 Å². The lowest BCUT2D eigenvalue weighted by molar-refractivity contribution is -0.133. The molecule has 3 amide bonds. The second kappa shape index (κ2) is 10.3. The third kappa shape index (κ3) is 5.44. The Morgan fingerprint density at radius 3 is 2.17 bits per heavy atom. The largest absolute Gasteiger partial charge is 0.497 e.